The monoisotopic (exact) mass is 345 g/mol. The molecule has 0 fully saturated rings. The van der Waals surface area contributed by atoms with E-state index in [2.05, 4.69) is 5.32 Å². The summed E-state index contributed by atoms with van der Waals surface area (Å²) in [6, 6.07) is 14.1. The molecule has 1 atom stereocenters. The lowest BCUT2D eigenvalue weighted by molar-refractivity contribution is -0.123. The Morgan fingerprint density at radius 1 is 1.17 bits per heavy atom. The van der Waals surface area contributed by atoms with Crippen molar-refractivity contribution in [2.24, 2.45) is 0 Å². The number of carbonyl (C=O) groups is 2. The number of amides is 1. The summed E-state index contributed by atoms with van der Waals surface area (Å²) in [5.41, 5.74) is 1.55. The lowest BCUT2D eigenvalue weighted by Gasteiger charge is -2.18. The Morgan fingerprint density at radius 2 is 1.88 bits per heavy atom. The van der Waals surface area contributed by atoms with E-state index >= 15 is 0 Å². The van der Waals surface area contributed by atoms with E-state index in [1.807, 2.05) is 19.1 Å². The summed E-state index contributed by atoms with van der Waals surface area (Å²) in [6.07, 6.45) is 0.757. The van der Waals surface area contributed by atoms with Gasteiger partial charge in [0.15, 0.2) is 12.4 Å². The molecule has 24 heavy (non-hydrogen) atoms. The summed E-state index contributed by atoms with van der Waals surface area (Å²) in [6.45, 7) is 3.38. The van der Waals surface area contributed by atoms with Crippen LogP contribution in [0.5, 0.6) is 5.75 Å². The number of hydrogen-bond donors (Lipinski definition) is 1. The van der Waals surface area contributed by atoms with Crippen LogP contribution in [0.15, 0.2) is 48.5 Å². The SMILES string of the molecule is CCC(NC(=O)COc1cccc(C(C)=O)c1)c1ccc(Cl)cc1. The van der Waals surface area contributed by atoms with E-state index in [4.69, 9.17) is 16.3 Å². The molecule has 0 aromatic heterocycles. The first-order chi connectivity index (χ1) is 11.5. The van der Waals surface area contributed by atoms with Crippen molar-refractivity contribution in [3.63, 3.8) is 0 Å². The second-order valence-electron chi connectivity index (χ2n) is 5.45. The van der Waals surface area contributed by atoms with E-state index in [0.29, 0.717) is 16.3 Å². The van der Waals surface area contributed by atoms with Crippen molar-refractivity contribution in [3.05, 3.63) is 64.7 Å². The molecule has 126 valence electrons. The molecule has 1 amide bonds. The maximum atomic E-state index is 12.1. The van der Waals surface area contributed by atoms with Gasteiger partial charge >= 0.3 is 0 Å². The molecule has 1 unspecified atom stereocenters. The van der Waals surface area contributed by atoms with Crippen LogP contribution in [0.25, 0.3) is 0 Å². The number of nitrogens with one attached hydrogen (secondary N) is 1. The minimum absolute atomic E-state index is 0.0429. The zero-order valence-electron chi connectivity index (χ0n) is 13.7. The fourth-order valence-electron chi connectivity index (χ4n) is 2.31. The normalized spacial score (nSPS) is 11.6. The largest absolute Gasteiger partial charge is 0.484 e. The molecule has 0 aliphatic heterocycles. The van der Waals surface area contributed by atoms with Gasteiger partial charge in [-0.1, -0.05) is 42.8 Å². The molecule has 5 heteroatoms. The highest BCUT2D eigenvalue weighted by atomic mass is 35.5. The number of hydrogen-bond acceptors (Lipinski definition) is 3. The first-order valence-corrected chi connectivity index (χ1v) is 8.16. The Labute approximate surface area is 146 Å². The lowest BCUT2D eigenvalue weighted by atomic mass is 10.0. The predicted octanol–water partition coefficient (Wildman–Crippen LogP) is 4.19. The molecule has 1 N–H and O–H groups in total. The highest BCUT2D eigenvalue weighted by Gasteiger charge is 2.13. The summed E-state index contributed by atoms with van der Waals surface area (Å²) in [5, 5.41) is 3.60. The number of carbonyl (C=O) groups excluding carboxylic acids is 2. The smallest absolute Gasteiger partial charge is 0.258 e. The van der Waals surface area contributed by atoms with Crippen molar-refractivity contribution in [1.82, 2.24) is 5.32 Å². The molecule has 2 aromatic carbocycles. The lowest BCUT2D eigenvalue weighted by Crippen LogP contribution is -2.32. The van der Waals surface area contributed by atoms with Crippen LogP contribution in [-0.4, -0.2) is 18.3 Å². The van der Waals surface area contributed by atoms with E-state index in [1.54, 1.807) is 36.4 Å². The molecule has 0 saturated heterocycles. The number of halogens is 1. The van der Waals surface area contributed by atoms with Gasteiger partial charge in [0.1, 0.15) is 5.75 Å². The van der Waals surface area contributed by atoms with E-state index in [1.165, 1.54) is 6.92 Å². The predicted molar refractivity (Wildman–Crippen MR) is 94.6 cm³/mol. The average Bonchev–Trinajstić information content (AvgIpc) is 2.59. The molecule has 0 aliphatic carbocycles. The van der Waals surface area contributed by atoms with Crippen LogP contribution >= 0.6 is 11.6 Å². The number of Topliss-reactive ketones (excluding diaryl/α,β-unsaturated/α-hetero) is 1. The third kappa shape index (κ3) is 5.10. The fourth-order valence-corrected chi connectivity index (χ4v) is 2.43. The van der Waals surface area contributed by atoms with Gasteiger partial charge in [0.05, 0.1) is 6.04 Å². The summed E-state index contributed by atoms with van der Waals surface area (Å²) in [4.78, 5) is 23.5. The van der Waals surface area contributed by atoms with Crippen LogP contribution in [0, 0.1) is 0 Å². The molecule has 0 bridgehead atoms. The molecule has 0 heterocycles. The van der Waals surface area contributed by atoms with Gasteiger partial charge in [0, 0.05) is 10.6 Å². The van der Waals surface area contributed by atoms with E-state index in [9.17, 15) is 9.59 Å². The molecule has 0 aliphatic rings. The first kappa shape index (κ1) is 18.0. The van der Waals surface area contributed by atoms with Crippen molar-refractivity contribution in [2.45, 2.75) is 26.3 Å². The van der Waals surface area contributed by atoms with Gasteiger partial charge in [0.2, 0.25) is 0 Å². The molecular formula is C19H20ClNO3. The number of rotatable bonds is 7. The topological polar surface area (TPSA) is 55.4 Å². The van der Waals surface area contributed by atoms with Crippen molar-refractivity contribution in [1.29, 1.82) is 0 Å². The third-order valence-corrected chi connectivity index (χ3v) is 3.88. The molecule has 0 saturated carbocycles. The van der Waals surface area contributed by atoms with Crippen LogP contribution in [0.3, 0.4) is 0 Å². The number of ether oxygens (including phenoxy) is 1. The van der Waals surface area contributed by atoms with Gasteiger partial charge in [-0.05, 0) is 43.2 Å². The summed E-state index contributed by atoms with van der Waals surface area (Å²) in [5.74, 6) is 0.237. The van der Waals surface area contributed by atoms with E-state index in [0.717, 1.165) is 12.0 Å². The minimum Gasteiger partial charge on any atom is -0.484 e. The van der Waals surface area contributed by atoms with Crippen molar-refractivity contribution in [2.75, 3.05) is 6.61 Å². The van der Waals surface area contributed by atoms with Crippen LogP contribution in [0.1, 0.15) is 42.2 Å². The first-order valence-electron chi connectivity index (χ1n) is 7.78. The second kappa shape index (κ2) is 8.50. The number of ketones is 1. The van der Waals surface area contributed by atoms with Gasteiger partial charge in [0.25, 0.3) is 5.91 Å². The molecule has 0 radical (unpaired) electrons. The van der Waals surface area contributed by atoms with Crippen LogP contribution < -0.4 is 10.1 Å². The summed E-state index contributed by atoms with van der Waals surface area (Å²) < 4.78 is 5.47. The van der Waals surface area contributed by atoms with Crippen LogP contribution in [0.4, 0.5) is 0 Å². The number of benzene rings is 2. The second-order valence-corrected chi connectivity index (χ2v) is 5.89. The Balaban J connectivity index is 1.93. The summed E-state index contributed by atoms with van der Waals surface area (Å²) in [7, 11) is 0. The third-order valence-electron chi connectivity index (χ3n) is 3.63. The van der Waals surface area contributed by atoms with Gasteiger partial charge in [-0.2, -0.15) is 0 Å². The standard InChI is InChI=1S/C19H20ClNO3/c1-3-18(14-7-9-16(20)10-8-14)21-19(23)12-24-17-6-4-5-15(11-17)13(2)22/h4-11,18H,3,12H2,1-2H3,(H,21,23). The fraction of sp³-hybridized carbons (Fsp3) is 0.263. The molecule has 2 rings (SSSR count). The average molecular weight is 346 g/mol. The highest BCUT2D eigenvalue weighted by Crippen LogP contribution is 2.19. The van der Waals surface area contributed by atoms with Gasteiger partial charge in [-0.15, -0.1) is 0 Å². The van der Waals surface area contributed by atoms with Gasteiger partial charge in [-0.25, -0.2) is 0 Å². The summed E-state index contributed by atoms with van der Waals surface area (Å²) >= 11 is 5.89. The quantitative estimate of drug-likeness (QED) is 0.765. The van der Waals surface area contributed by atoms with Crippen LogP contribution in [-0.2, 0) is 4.79 Å². The van der Waals surface area contributed by atoms with Gasteiger partial charge in [-0.3, -0.25) is 9.59 Å². The maximum Gasteiger partial charge on any atom is 0.258 e. The Hall–Kier alpha value is -2.33. The molecule has 0 spiro atoms. The Kier molecular flexibility index (Phi) is 6.38. The Bertz CT molecular complexity index is 713. The molecule has 2 aromatic rings. The van der Waals surface area contributed by atoms with E-state index < -0.39 is 0 Å². The van der Waals surface area contributed by atoms with E-state index in [-0.39, 0.29) is 24.3 Å². The zero-order chi connectivity index (χ0) is 17.5. The van der Waals surface area contributed by atoms with Crippen molar-refractivity contribution in [3.8, 4) is 5.75 Å². The van der Waals surface area contributed by atoms with Crippen molar-refractivity contribution >= 4 is 23.3 Å². The van der Waals surface area contributed by atoms with Crippen molar-refractivity contribution < 1.29 is 14.3 Å². The molecular weight excluding hydrogens is 326 g/mol. The van der Waals surface area contributed by atoms with Gasteiger partial charge < -0.3 is 10.1 Å². The Morgan fingerprint density at radius 3 is 2.50 bits per heavy atom. The van der Waals surface area contributed by atoms with Crippen LogP contribution in [0.2, 0.25) is 5.02 Å². The minimum atomic E-state index is -0.218. The zero-order valence-corrected chi connectivity index (χ0v) is 14.5. The molecule has 4 nitrogen and oxygen atoms in total. The maximum absolute atomic E-state index is 12.1. The highest BCUT2D eigenvalue weighted by molar-refractivity contribution is 6.30.